The molecule has 0 amide bonds. The topological polar surface area (TPSA) is 114 Å². The van der Waals surface area contributed by atoms with E-state index in [4.69, 9.17) is 15.7 Å². The number of ether oxygens (including phenoxy) is 1. The third-order valence-electron chi connectivity index (χ3n) is 2.54. The van der Waals surface area contributed by atoms with Gasteiger partial charge in [0.15, 0.2) is 5.84 Å². The third-order valence-corrected chi connectivity index (χ3v) is 3.84. The van der Waals surface area contributed by atoms with Crippen LogP contribution in [0.1, 0.15) is 18.5 Å². The van der Waals surface area contributed by atoms with E-state index in [0.717, 1.165) is 0 Å². The minimum Gasteiger partial charge on any atom is -0.409 e. The monoisotopic (exact) mass is 301 g/mol. The molecule has 7 nitrogen and oxygen atoms in total. The minimum absolute atomic E-state index is 0.0868. The van der Waals surface area contributed by atoms with Crippen LogP contribution >= 0.6 is 0 Å². The van der Waals surface area contributed by atoms with Crippen molar-refractivity contribution in [2.45, 2.75) is 13.0 Å². The third kappa shape index (κ3) is 5.16. The molecule has 4 N–H and O–H groups in total. The molecule has 8 heteroatoms. The van der Waals surface area contributed by atoms with Crippen LogP contribution in [0.4, 0.5) is 0 Å². The lowest BCUT2D eigenvalue weighted by molar-refractivity contribution is 0.163. The van der Waals surface area contributed by atoms with Gasteiger partial charge in [-0.2, -0.15) is 4.72 Å². The van der Waals surface area contributed by atoms with Gasteiger partial charge in [-0.1, -0.05) is 35.5 Å². The first-order chi connectivity index (χ1) is 9.50. The predicted molar refractivity (Wildman–Crippen MR) is 76.0 cm³/mol. The number of nitrogens with two attached hydrogens (primary N) is 1. The summed E-state index contributed by atoms with van der Waals surface area (Å²) in [6.07, 6.45) is 0. The van der Waals surface area contributed by atoms with E-state index in [9.17, 15) is 8.42 Å². The molecule has 0 aliphatic heterocycles. The van der Waals surface area contributed by atoms with Crippen molar-refractivity contribution < 1.29 is 18.4 Å². The summed E-state index contributed by atoms with van der Waals surface area (Å²) in [5.41, 5.74) is 6.14. The minimum atomic E-state index is -3.60. The van der Waals surface area contributed by atoms with Crippen LogP contribution < -0.4 is 10.5 Å². The Kier molecular flexibility index (Phi) is 6.43. The highest BCUT2D eigenvalue weighted by Crippen LogP contribution is 2.14. The quantitative estimate of drug-likeness (QED) is 0.212. The highest BCUT2D eigenvalue weighted by molar-refractivity contribution is 7.89. The van der Waals surface area contributed by atoms with Crippen molar-refractivity contribution in [3.63, 3.8) is 0 Å². The smallest absolute Gasteiger partial charge is 0.214 e. The Morgan fingerprint density at radius 3 is 2.65 bits per heavy atom. The van der Waals surface area contributed by atoms with Gasteiger partial charge in [-0.05, 0) is 12.5 Å². The van der Waals surface area contributed by atoms with E-state index in [0.29, 0.717) is 12.2 Å². The van der Waals surface area contributed by atoms with Crippen LogP contribution in [0.25, 0.3) is 0 Å². The molecule has 1 rings (SSSR count). The predicted octanol–water partition coefficient (Wildman–Crippen LogP) is 0.430. The summed E-state index contributed by atoms with van der Waals surface area (Å²) in [4.78, 5) is 0. The fourth-order valence-corrected chi connectivity index (χ4v) is 2.62. The SMILES string of the molecule is CCOCCS(=O)(=O)NC(C(N)=NO)c1ccccc1. The van der Waals surface area contributed by atoms with E-state index >= 15 is 0 Å². The molecule has 1 atom stereocenters. The standard InChI is InChI=1S/C12H19N3O4S/c1-2-19-8-9-20(17,18)15-11(12(13)14-16)10-6-4-3-5-7-10/h3-7,11,15-16H,2,8-9H2,1H3,(H2,13,14). The van der Waals surface area contributed by atoms with E-state index in [1.807, 2.05) is 0 Å². The van der Waals surface area contributed by atoms with Crippen LogP contribution in [0, 0.1) is 0 Å². The molecule has 0 radical (unpaired) electrons. The summed E-state index contributed by atoms with van der Waals surface area (Å²) in [6.45, 7) is 2.31. The zero-order chi connectivity index (χ0) is 15.0. The number of benzene rings is 1. The van der Waals surface area contributed by atoms with Crippen LogP contribution in [-0.4, -0.2) is 38.4 Å². The molecule has 1 unspecified atom stereocenters. The number of nitrogens with zero attached hydrogens (tertiary/aromatic N) is 1. The molecule has 0 aliphatic rings. The van der Waals surface area contributed by atoms with Gasteiger partial charge in [0.25, 0.3) is 0 Å². The first-order valence-corrected chi connectivity index (χ1v) is 7.75. The second kappa shape index (κ2) is 7.83. The van der Waals surface area contributed by atoms with Gasteiger partial charge in [-0.15, -0.1) is 0 Å². The van der Waals surface area contributed by atoms with Crippen molar-refractivity contribution in [2.75, 3.05) is 19.0 Å². The molecule has 0 fully saturated rings. The van der Waals surface area contributed by atoms with Gasteiger partial charge in [0, 0.05) is 6.61 Å². The van der Waals surface area contributed by atoms with Gasteiger partial charge in [0.2, 0.25) is 10.0 Å². The maximum Gasteiger partial charge on any atom is 0.214 e. The summed E-state index contributed by atoms with van der Waals surface area (Å²) >= 11 is 0. The van der Waals surface area contributed by atoms with Gasteiger partial charge in [-0.3, -0.25) is 0 Å². The first-order valence-electron chi connectivity index (χ1n) is 6.10. The second-order valence-electron chi connectivity index (χ2n) is 4.00. The molecule has 1 aromatic rings. The Hall–Kier alpha value is -1.64. The molecule has 0 bridgehead atoms. The van der Waals surface area contributed by atoms with Crippen molar-refractivity contribution in [3.8, 4) is 0 Å². The normalized spacial score (nSPS) is 14.2. The Morgan fingerprint density at radius 1 is 1.45 bits per heavy atom. The van der Waals surface area contributed by atoms with Crippen molar-refractivity contribution in [1.29, 1.82) is 0 Å². The Balaban J connectivity index is 2.86. The number of hydrogen-bond acceptors (Lipinski definition) is 5. The first kappa shape index (κ1) is 16.4. The van der Waals surface area contributed by atoms with Crippen LogP contribution in [0.2, 0.25) is 0 Å². The second-order valence-corrected chi connectivity index (χ2v) is 5.88. The largest absolute Gasteiger partial charge is 0.409 e. The molecule has 0 saturated heterocycles. The van der Waals surface area contributed by atoms with Crippen LogP contribution in [-0.2, 0) is 14.8 Å². The molecule has 0 spiro atoms. The lowest BCUT2D eigenvalue weighted by Gasteiger charge is -2.17. The van der Waals surface area contributed by atoms with Crippen LogP contribution in [0.15, 0.2) is 35.5 Å². The molecule has 1 aromatic carbocycles. The van der Waals surface area contributed by atoms with Crippen molar-refractivity contribution in [2.24, 2.45) is 10.9 Å². The van der Waals surface area contributed by atoms with Crippen LogP contribution in [0.3, 0.4) is 0 Å². The number of rotatable bonds is 8. The summed E-state index contributed by atoms with van der Waals surface area (Å²) in [5, 5.41) is 11.7. The van der Waals surface area contributed by atoms with E-state index in [2.05, 4.69) is 9.88 Å². The number of nitrogens with one attached hydrogen (secondary N) is 1. The fraction of sp³-hybridized carbons (Fsp3) is 0.417. The van der Waals surface area contributed by atoms with E-state index in [-0.39, 0.29) is 18.2 Å². The zero-order valence-electron chi connectivity index (χ0n) is 11.2. The highest BCUT2D eigenvalue weighted by Gasteiger charge is 2.23. The molecule has 0 aromatic heterocycles. The molecule has 112 valence electrons. The Labute approximate surface area is 118 Å². The van der Waals surface area contributed by atoms with E-state index in [1.54, 1.807) is 37.3 Å². The fourth-order valence-electron chi connectivity index (χ4n) is 1.55. The summed E-state index contributed by atoms with van der Waals surface area (Å²) in [7, 11) is -3.60. The lowest BCUT2D eigenvalue weighted by atomic mass is 10.1. The number of sulfonamides is 1. The van der Waals surface area contributed by atoms with Crippen molar-refractivity contribution >= 4 is 15.9 Å². The highest BCUT2D eigenvalue weighted by atomic mass is 32.2. The summed E-state index contributed by atoms with van der Waals surface area (Å²) < 4.78 is 31.3. The maximum absolute atomic E-state index is 11.9. The number of hydrogen-bond donors (Lipinski definition) is 3. The average Bonchev–Trinajstić information content (AvgIpc) is 2.45. The molecule has 0 saturated carbocycles. The van der Waals surface area contributed by atoms with Gasteiger partial charge >= 0.3 is 0 Å². The zero-order valence-corrected chi connectivity index (χ0v) is 12.0. The Bertz CT molecular complexity index is 531. The van der Waals surface area contributed by atoms with Crippen LogP contribution in [0.5, 0.6) is 0 Å². The van der Waals surface area contributed by atoms with E-state index < -0.39 is 16.1 Å². The molecular formula is C12H19N3O4S. The summed E-state index contributed by atoms with van der Waals surface area (Å²) in [6, 6.07) is 7.73. The van der Waals surface area contributed by atoms with Gasteiger partial charge in [-0.25, -0.2) is 8.42 Å². The molecule has 0 heterocycles. The lowest BCUT2D eigenvalue weighted by Crippen LogP contribution is -2.39. The van der Waals surface area contributed by atoms with Gasteiger partial charge < -0.3 is 15.7 Å². The number of amidine groups is 1. The maximum atomic E-state index is 11.9. The van der Waals surface area contributed by atoms with E-state index in [1.165, 1.54) is 0 Å². The van der Waals surface area contributed by atoms with Crippen molar-refractivity contribution in [1.82, 2.24) is 4.72 Å². The summed E-state index contributed by atoms with van der Waals surface area (Å²) in [5.74, 6) is -0.417. The molecule has 20 heavy (non-hydrogen) atoms. The van der Waals surface area contributed by atoms with Crippen molar-refractivity contribution in [3.05, 3.63) is 35.9 Å². The molecular weight excluding hydrogens is 282 g/mol. The van der Waals surface area contributed by atoms with Gasteiger partial charge in [0.05, 0.1) is 12.4 Å². The van der Waals surface area contributed by atoms with Gasteiger partial charge in [0.1, 0.15) is 6.04 Å². The number of oxime groups is 1. The molecule has 0 aliphatic carbocycles. The average molecular weight is 301 g/mol. The Morgan fingerprint density at radius 2 is 2.10 bits per heavy atom.